The zero-order valence-electron chi connectivity index (χ0n) is 12.5. The highest BCUT2D eigenvalue weighted by Gasteiger charge is 2.35. The van der Waals surface area contributed by atoms with Crippen LogP contribution in [0.5, 0.6) is 0 Å². The third-order valence-electron chi connectivity index (χ3n) is 3.27. The number of rotatable bonds is 5. The molecule has 22 heavy (non-hydrogen) atoms. The van der Waals surface area contributed by atoms with Crippen LogP contribution in [0.1, 0.15) is 19.4 Å². The lowest BCUT2D eigenvalue weighted by Crippen LogP contribution is -2.31. The van der Waals surface area contributed by atoms with Crippen LogP contribution in [-0.2, 0) is 21.2 Å². The van der Waals surface area contributed by atoms with Gasteiger partial charge in [0.2, 0.25) is 5.91 Å². The first-order valence-electron chi connectivity index (χ1n) is 6.92. The maximum Gasteiger partial charge on any atom is 0.284 e. The van der Waals surface area contributed by atoms with Gasteiger partial charge in [0.1, 0.15) is 0 Å². The summed E-state index contributed by atoms with van der Waals surface area (Å²) >= 11 is 1.15. The van der Waals surface area contributed by atoms with Crippen molar-refractivity contribution in [2.45, 2.75) is 30.4 Å². The Kier molecular flexibility index (Phi) is 5.08. The van der Waals surface area contributed by atoms with Gasteiger partial charge in [-0.2, -0.15) is 8.42 Å². The molecule has 1 atom stereocenters. The van der Waals surface area contributed by atoms with Crippen molar-refractivity contribution >= 4 is 32.9 Å². The van der Waals surface area contributed by atoms with Crippen molar-refractivity contribution in [3.63, 3.8) is 0 Å². The molecule has 0 saturated carbocycles. The highest BCUT2D eigenvalue weighted by Crippen LogP contribution is 2.28. The second-order valence-corrected chi connectivity index (χ2v) is 7.76. The fraction of sp³-hybridized carbons (Fsp3) is 0.333. The van der Waals surface area contributed by atoms with Crippen LogP contribution in [0.25, 0.3) is 0 Å². The molecule has 1 aliphatic heterocycles. The number of hydrogen-bond acceptors (Lipinski definition) is 4. The molecule has 0 aromatic heterocycles. The van der Waals surface area contributed by atoms with E-state index in [9.17, 15) is 13.2 Å². The molecule has 5 nitrogen and oxygen atoms in total. The van der Waals surface area contributed by atoms with Crippen molar-refractivity contribution in [2.75, 3.05) is 6.54 Å². The van der Waals surface area contributed by atoms with E-state index in [-0.39, 0.29) is 27.8 Å². The summed E-state index contributed by atoms with van der Waals surface area (Å²) in [5.41, 5.74) is 1.05. The highest BCUT2D eigenvalue weighted by molar-refractivity contribution is 8.16. The molecule has 1 saturated heterocycles. The lowest BCUT2D eigenvalue weighted by atomic mass is 10.2. The maximum atomic E-state index is 12.4. The Labute approximate surface area is 135 Å². The molecule has 2 rings (SSSR count). The molecule has 7 heteroatoms. The molecule has 0 spiro atoms. The number of thioether (sulfide) groups is 1. The molecule has 1 heterocycles. The first-order chi connectivity index (χ1) is 10.4. The van der Waals surface area contributed by atoms with Crippen LogP contribution in [0.2, 0.25) is 0 Å². The van der Waals surface area contributed by atoms with Crippen molar-refractivity contribution in [2.24, 2.45) is 4.40 Å². The van der Waals surface area contributed by atoms with Gasteiger partial charge in [0, 0.05) is 6.54 Å². The van der Waals surface area contributed by atoms with E-state index >= 15 is 0 Å². The average Bonchev–Trinajstić information content (AvgIpc) is 2.75. The number of amides is 1. The average molecular weight is 338 g/mol. The molecule has 0 bridgehead atoms. The molecule has 0 N–H and O–H groups in total. The predicted octanol–water partition coefficient (Wildman–Crippen LogP) is 2.44. The van der Waals surface area contributed by atoms with Crippen molar-refractivity contribution in [3.8, 4) is 0 Å². The highest BCUT2D eigenvalue weighted by atomic mass is 32.2. The van der Waals surface area contributed by atoms with Gasteiger partial charge in [-0.25, -0.2) is 0 Å². The molecule has 0 aliphatic carbocycles. The summed E-state index contributed by atoms with van der Waals surface area (Å²) in [6.45, 7) is 7.56. The van der Waals surface area contributed by atoms with E-state index in [4.69, 9.17) is 0 Å². The molecule has 1 aliphatic rings. The number of aryl methyl sites for hydroxylation is 1. The number of sulfonamides is 1. The second-order valence-electron chi connectivity index (χ2n) is 4.84. The number of nitrogens with zero attached hydrogens (tertiary/aromatic N) is 2. The van der Waals surface area contributed by atoms with Gasteiger partial charge in [-0.3, -0.25) is 9.69 Å². The summed E-state index contributed by atoms with van der Waals surface area (Å²) < 4.78 is 28.6. The van der Waals surface area contributed by atoms with Crippen LogP contribution in [-0.4, -0.2) is 36.2 Å². The molecule has 1 amide bonds. The Hall–Kier alpha value is -1.60. The van der Waals surface area contributed by atoms with Gasteiger partial charge >= 0.3 is 0 Å². The summed E-state index contributed by atoms with van der Waals surface area (Å²) in [5, 5.41) is -0.131. The molecule has 0 unspecified atom stereocenters. The normalized spacial score (nSPS) is 20.6. The summed E-state index contributed by atoms with van der Waals surface area (Å²) in [7, 11) is -3.83. The zero-order chi connectivity index (χ0) is 16.3. The monoisotopic (exact) mass is 338 g/mol. The molecular formula is C15H18N2O3S2. The zero-order valence-corrected chi connectivity index (χ0v) is 14.2. The van der Waals surface area contributed by atoms with Gasteiger partial charge in [-0.1, -0.05) is 36.9 Å². The van der Waals surface area contributed by atoms with Gasteiger partial charge in [-0.05, 0) is 31.0 Å². The van der Waals surface area contributed by atoms with Crippen molar-refractivity contribution in [1.82, 2.24) is 4.90 Å². The quantitative estimate of drug-likeness (QED) is 0.774. The Bertz CT molecular complexity index is 709. The number of carbonyl (C=O) groups excluding carboxylic acids is 1. The Morgan fingerprint density at radius 2 is 2.00 bits per heavy atom. The lowest BCUT2D eigenvalue weighted by Gasteiger charge is -2.13. The van der Waals surface area contributed by atoms with Crippen molar-refractivity contribution in [3.05, 3.63) is 42.5 Å². The molecular weight excluding hydrogens is 320 g/mol. The summed E-state index contributed by atoms with van der Waals surface area (Å²) in [5.74, 6) is -0.153. The van der Waals surface area contributed by atoms with E-state index in [1.165, 1.54) is 4.90 Å². The third kappa shape index (κ3) is 3.41. The van der Waals surface area contributed by atoms with E-state index in [0.29, 0.717) is 0 Å². The van der Waals surface area contributed by atoms with Crippen LogP contribution in [0.4, 0.5) is 0 Å². The summed E-state index contributed by atoms with van der Waals surface area (Å²) in [6, 6.07) is 6.62. The molecule has 1 aromatic rings. The van der Waals surface area contributed by atoms with Crippen LogP contribution in [0.15, 0.2) is 46.2 Å². The van der Waals surface area contributed by atoms with E-state index in [1.807, 2.05) is 6.92 Å². The fourth-order valence-electron chi connectivity index (χ4n) is 2.01. The van der Waals surface area contributed by atoms with E-state index in [2.05, 4.69) is 11.0 Å². The number of benzene rings is 1. The van der Waals surface area contributed by atoms with E-state index < -0.39 is 10.0 Å². The Morgan fingerprint density at radius 3 is 2.55 bits per heavy atom. The Balaban J connectivity index is 2.36. The number of hydrogen-bond donors (Lipinski definition) is 0. The van der Waals surface area contributed by atoms with Gasteiger partial charge < -0.3 is 0 Å². The van der Waals surface area contributed by atoms with Crippen molar-refractivity contribution < 1.29 is 13.2 Å². The summed E-state index contributed by atoms with van der Waals surface area (Å²) in [6.07, 6.45) is 2.39. The van der Waals surface area contributed by atoms with Gasteiger partial charge in [0.15, 0.2) is 5.17 Å². The van der Waals surface area contributed by atoms with Crippen molar-refractivity contribution in [1.29, 1.82) is 0 Å². The SMILES string of the molecule is C=CCN1C(=O)[C@H](C)SC1=NS(=O)(=O)c1ccc(CC)cc1. The first kappa shape index (κ1) is 16.8. The van der Waals surface area contributed by atoms with Gasteiger partial charge in [0.05, 0.1) is 10.1 Å². The minimum Gasteiger partial charge on any atom is -0.286 e. The van der Waals surface area contributed by atoms with E-state index in [0.717, 1.165) is 23.7 Å². The Morgan fingerprint density at radius 1 is 1.36 bits per heavy atom. The topological polar surface area (TPSA) is 66.8 Å². The van der Waals surface area contributed by atoms with Crippen LogP contribution in [0.3, 0.4) is 0 Å². The smallest absolute Gasteiger partial charge is 0.284 e. The molecule has 1 aromatic carbocycles. The largest absolute Gasteiger partial charge is 0.286 e. The maximum absolute atomic E-state index is 12.4. The van der Waals surface area contributed by atoms with Crippen LogP contribution >= 0.6 is 11.8 Å². The van der Waals surface area contributed by atoms with Gasteiger partial charge in [-0.15, -0.1) is 11.0 Å². The van der Waals surface area contributed by atoms with E-state index in [1.54, 1.807) is 37.3 Å². The standard InChI is InChI=1S/C15H18N2O3S2/c1-4-10-17-14(18)11(3)21-15(17)16-22(19,20)13-8-6-12(5-2)7-9-13/h4,6-9,11H,1,5,10H2,2-3H3/t11-/m0/s1. The third-order valence-corrected chi connectivity index (χ3v) is 5.74. The number of amidine groups is 1. The number of carbonyl (C=O) groups is 1. The minimum absolute atomic E-state index is 0.128. The first-order valence-corrected chi connectivity index (χ1v) is 9.24. The molecule has 1 fully saturated rings. The lowest BCUT2D eigenvalue weighted by molar-refractivity contribution is -0.125. The predicted molar refractivity (Wildman–Crippen MR) is 89.4 cm³/mol. The van der Waals surface area contributed by atoms with Crippen LogP contribution < -0.4 is 0 Å². The second kappa shape index (κ2) is 6.66. The van der Waals surface area contributed by atoms with Crippen LogP contribution in [0, 0.1) is 0 Å². The molecule has 0 radical (unpaired) electrons. The minimum atomic E-state index is -3.83. The summed E-state index contributed by atoms with van der Waals surface area (Å²) in [4.78, 5) is 13.5. The molecule has 118 valence electrons. The van der Waals surface area contributed by atoms with Gasteiger partial charge in [0.25, 0.3) is 10.0 Å². The fourth-order valence-corrected chi connectivity index (χ4v) is 4.20.